The fourth-order valence-corrected chi connectivity index (χ4v) is 1.94. The molecule has 0 spiro atoms. The van der Waals surface area contributed by atoms with Crippen molar-refractivity contribution in [3.05, 3.63) is 57.6 Å². The van der Waals surface area contributed by atoms with Crippen LogP contribution < -0.4 is 10.1 Å². The largest absolute Gasteiger partial charge is 0.508 e. The molecule has 0 saturated carbocycles. The van der Waals surface area contributed by atoms with Gasteiger partial charge in [0.2, 0.25) is 0 Å². The summed E-state index contributed by atoms with van der Waals surface area (Å²) in [5.41, 5.74) is 1.94. The van der Waals surface area contributed by atoms with E-state index >= 15 is 0 Å². The van der Waals surface area contributed by atoms with Crippen LogP contribution in [0.2, 0.25) is 0 Å². The summed E-state index contributed by atoms with van der Waals surface area (Å²) in [7, 11) is 1.55. The van der Waals surface area contributed by atoms with Crippen molar-refractivity contribution in [1.29, 1.82) is 0 Å². The van der Waals surface area contributed by atoms with Crippen molar-refractivity contribution in [3.8, 4) is 11.5 Å². The summed E-state index contributed by atoms with van der Waals surface area (Å²) in [6, 6.07) is 9.85. The summed E-state index contributed by atoms with van der Waals surface area (Å²) in [4.78, 5) is 10.5. The number of ether oxygens (including phenoxy) is 1. The number of aromatic hydroxyl groups is 1. The van der Waals surface area contributed by atoms with E-state index in [0.717, 1.165) is 0 Å². The molecule has 0 aliphatic carbocycles. The molecule has 0 radical (unpaired) electrons. The summed E-state index contributed by atoms with van der Waals surface area (Å²) in [5.74, 6) is 0.782. The van der Waals surface area contributed by atoms with Gasteiger partial charge in [-0.1, -0.05) is 6.07 Å². The number of nitrogens with one attached hydrogen (secondary N) is 1. The maximum Gasteiger partial charge on any atom is 0.274 e. The number of methoxy groups -OCH3 is 1. The first-order valence-corrected chi connectivity index (χ1v) is 6.36. The second-order valence-electron chi connectivity index (χ2n) is 4.61. The van der Waals surface area contributed by atoms with Crippen LogP contribution in [0.25, 0.3) is 0 Å². The highest BCUT2D eigenvalue weighted by Gasteiger charge is 2.11. The Kier molecular flexibility index (Phi) is 4.27. The Labute approximate surface area is 122 Å². The number of aryl methyl sites for hydroxylation is 1. The standard InChI is InChI=1S/C15H16N2O4/c1-10-3-4-12(8-14(10)17(19)20)16-9-11-7-13(21-2)5-6-15(11)18/h3-8,16,18H,9H2,1-2H3. The molecule has 2 N–H and O–H groups in total. The van der Waals surface area contributed by atoms with Gasteiger partial charge in [0.05, 0.1) is 12.0 Å². The van der Waals surface area contributed by atoms with E-state index in [0.29, 0.717) is 29.1 Å². The Morgan fingerprint density at radius 3 is 2.71 bits per heavy atom. The van der Waals surface area contributed by atoms with E-state index in [2.05, 4.69) is 5.32 Å². The van der Waals surface area contributed by atoms with Crippen LogP contribution in [-0.4, -0.2) is 17.1 Å². The first-order valence-electron chi connectivity index (χ1n) is 6.36. The van der Waals surface area contributed by atoms with E-state index in [1.807, 2.05) is 0 Å². The SMILES string of the molecule is COc1ccc(O)c(CNc2ccc(C)c([N+](=O)[O-])c2)c1. The Bertz CT molecular complexity index is 671. The summed E-state index contributed by atoms with van der Waals surface area (Å²) in [6.45, 7) is 2.03. The smallest absolute Gasteiger partial charge is 0.274 e. The van der Waals surface area contributed by atoms with E-state index < -0.39 is 4.92 Å². The van der Waals surface area contributed by atoms with Crippen LogP contribution in [-0.2, 0) is 6.54 Å². The van der Waals surface area contributed by atoms with Gasteiger partial charge in [-0.25, -0.2) is 0 Å². The molecule has 0 aromatic heterocycles. The molecular formula is C15H16N2O4. The lowest BCUT2D eigenvalue weighted by Crippen LogP contribution is -2.01. The van der Waals surface area contributed by atoms with Crippen molar-refractivity contribution in [2.45, 2.75) is 13.5 Å². The minimum atomic E-state index is -0.413. The monoisotopic (exact) mass is 288 g/mol. The molecule has 0 heterocycles. The van der Waals surface area contributed by atoms with E-state index in [1.165, 1.54) is 6.07 Å². The van der Waals surface area contributed by atoms with Crippen LogP contribution in [0.4, 0.5) is 11.4 Å². The topological polar surface area (TPSA) is 84.6 Å². The molecule has 0 atom stereocenters. The maximum atomic E-state index is 10.9. The molecular weight excluding hydrogens is 272 g/mol. The molecule has 2 aromatic carbocycles. The molecule has 2 rings (SSSR count). The zero-order valence-electron chi connectivity index (χ0n) is 11.8. The Balaban J connectivity index is 2.16. The number of phenolic OH excluding ortho intramolecular Hbond substituents is 1. The molecule has 6 nitrogen and oxygen atoms in total. The summed E-state index contributed by atoms with van der Waals surface area (Å²) in [5, 5.41) is 23.8. The number of nitro benzene ring substituents is 1. The van der Waals surface area contributed by atoms with Crippen molar-refractivity contribution >= 4 is 11.4 Å². The molecule has 21 heavy (non-hydrogen) atoms. The second-order valence-corrected chi connectivity index (χ2v) is 4.61. The molecule has 0 aliphatic rings. The van der Waals surface area contributed by atoms with Crippen LogP contribution >= 0.6 is 0 Å². The number of phenols is 1. The van der Waals surface area contributed by atoms with Gasteiger partial charge >= 0.3 is 0 Å². The molecule has 0 amide bonds. The predicted molar refractivity (Wildman–Crippen MR) is 79.8 cm³/mol. The fourth-order valence-electron chi connectivity index (χ4n) is 1.94. The Morgan fingerprint density at radius 2 is 2.05 bits per heavy atom. The molecule has 110 valence electrons. The number of hydrogen-bond acceptors (Lipinski definition) is 5. The summed E-state index contributed by atoms with van der Waals surface area (Å²) in [6.07, 6.45) is 0. The molecule has 6 heteroatoms. The normalized spacial score (nSPS) is 10.2. The number of nitrogens with zero attached hydrogens (tertiary/aromatic N) is 1. The number of benzene rings is 2. The van der Waals surface area contributed by atoms with Crippen molar-refractivity contribution in [2.75, 3.05) is 12.4 Å². The average Bonchev–Trinajstić information content (AvgIpc) is 2.47. The first-order chi connectivity index (χ1) is 10.0. The van der Waals surface area contributed by atoms with Gasteiger partial charge in [-0.2, -0.15) is 0 Å². The van der Waals surface area contributed by atoms with E-state index in [1.54, 1.807) is 44.4 Å². The summed E-state index contributed by atoms with van der Waals surface area (Å²) >= 11 is 0. The fraction of sp³-hybridized carbons (Fsp3) is 0.200. The van der Waals surface area contributed by atoms with Crippen molar-refractivity contribution in [3.63, 3.8) is 0 Å². The average molecular weight is 288 g/mol. The lowest BCUT2D eigenvalue weighted by molar-refractivity contribution is -0.385. The lowest BCUT2D eigenvalue weighted by Gasteiger charge is -2.10. The predicted octanol–water partition coefficient (Wildman–Crippen LogP) is 3.23. The van der Waals surface area contributed by atoms with Gasteiger partial charge in [0.15, 0.2) is 0 Å². The van der Waals surface area contributed by atoms with Crippen molar-refractivity contribution in [1.82, 2.24) is 0 Å². The number of rotatable bonds is 5. The van der Waals surface area contributed by atoms with Crippen LogP contribution in [0.15, 0.2) is 36.4 Å². The maximum absolute atomic E-state index is 10.9. The molecule has 0 bridgehead atoms. The highest BCUT2D eigenvalue weighted by atomic mass is 16.6. The minimum absolute atomic E-state index is 0.0647. The molecule has 0 aliphatic heterocycles. The first kappa shape index (κ1) is 14.6. The van der Waals surface area contributed by atoms with E-state index in [4.69, 9.17) is 4.74 Å². The third kappa shape index (κ3) is 3.42. The quantitative estimate of drug-likeness (QED) is 0.651. The summed E-state index contributed by atoms with van der Waals surface area (Å²) < 4.78 is 5.10. The van der Waals surface area contributed by atoms with Gasteiger partial charge in [-0.15, -0.1) is 0 Å². The van der Waals surface area contributed by atoms with Gasteiger partial charge in [0, 0.05) is 29.4 Å². The third-order valence-corrected chi connectivity index (χ3v) is 3.18. The highest BCUT2D eigenvalue weighted by Crippen LogP contribution is 2.26. The Hall–Kier alpha value is -2.76. The second kappa shape index (κ2) is 6.13. The number of nitro groups is 1. The van der Waals surface area contributed by atoms with Crippen molar-refractivity contribution < 1.29 is 14.8 Å². The number of anilines is 1. The van der Waals surface area contributed by atoms with Gasteiger partial charge in [0.1, 0.15) is 11.5 Å². The molecule has 0 unspecified atom stereocenters. The lowest BCUT2D eigenvalue weighted by atomic mass is 10.1. The van der Waals surface area contributed by atoms with Crippen LogP contribution in [0, 0.1) is 17.0 Å². The minimum Gasteiger partial charge on any atom is -0.508 e. The van der Waals surface area contributed by atoms with Gasteiger partial charge in [-0.05, 0) is 31.2 Å². The number of hydrogen-bond donors (Lipinski definition) is 2. The van der Waals surface area contributed by atoms with Crippen LogP contribution in [0.1, 0.15) is 11.1 Å². The van der Waals surface area contributed by atoms with E-state index in [9.17, 15) is 15.2 Å². The third-order valence-electron chi connectivity index (χ3n) is 3.18. The molecule has 0 saturated heterocycles. The van der Waals surface area contributed by atoms with Gasteiger partial charge in [-0.3, -0.25) is 10.1 Å². The van der Waals surface area contributed by atoms with E-state index in [-0.39, 0.29) is 11.4 Å². The highest BCUT2D eigenvalue weighted by molar-refractivity contribution is 5.55. The van der Waals surface area contributed by atoms with Crippen LogP contribution in [0.3, 0.4) is 0 Å². The molecule has 0 fully saturated rings. The van der Waals surface area contributed by atoms with Gasteiger partial charge in [0.25, 0.3) is 5.69 Å². The zero-order chi connectivity index (χ0) is 15.4. The molecule has 2 aromatic rings. The van der Waals surface area contributed by atoms with Crippen molar-refractivity contribution in [2.24, 2.45) is 0 Å². The zero-order valence-corrected chi connectivity index (χ0v) is 11.8. The Morgan fingerprint density at radius 1 is 1.29 bits per heavy atom. The van der Waals surface area contributed by atoms with Crippen LogP contribution in [0.5, 0.6) is 11.5 Å². The van der Waals surface area contributed by atoms with Gasteiger partial charge < -0.3 is 15.2 Å².